The summed E-state index contributed by atoms with van der Waals surface area (Å²) in [4.78, 5) is 13.5. The molecule has 1 unspecified atom stereocenters. The van der Waals surface area contributed by atoms with Gasteiger partial charge in [-0.05, 0) is 39.8 Å². The number of nitrogens with zero attached hydrogens (tertiary/aromatic N) is 1. The first-order valence-electron chi connectivity index (χ1n) is 5.65. The molecule has 1 atom stereocenters. The molecule has 15 heavy (non-hydrogen) atoms. The van der Waals surface area contributed by atoms with Gasteiger partial charge in [0.15, 0.2) is 0 Å². The highest BCUT2D eigenvalue weighted by Gasteiger charge is 2.31. The number of carbonyl (C=O) groups excluding carboxylic acids is 1. The molecule has 1 rings (SSSR count). The molecule has 1 saturated carbocycles. The van der Waals surface area contributed by atoms with Crippen molar-refractivity contribution in [2.75, 3.05) is 27.2 Å². The molecule has 0 radical (unpaired) electrons. The molecule has 0 aromatic heterocycles. The van der Waals surface area contributed by atoms with Crippen LogP contribution in [0.2, 0.25) is 0 Å². The standard InChI is InChI=1S/C11H23N3O/c1-11(13-2,10(12)15)8-14(3)7-9-5-4-6-9/h9,13H,4-8H2,1-3H3,(H2,12,15). The van der Waals surface area contributed by atoms with Crippen molar-refractivity contribution in [3.63, 3.8) is 0 Å². The molecule has 88 valence electrons. The summed E-state index contributed by atoms with van der Waals surface area (Å²) < 4.78 is 0. The molecule has 0 spiro atoms. The predicted molar refractivity (Wildman–Crippen MR) is 61.5 cm³/mol. The maximum absolute atomic E-state index is 11.3. The highest BCUT2D eigenvalue weighted by molar-refractivity contribution is 5.84. The second kappa shape index (κ2) is 4.94. The van der Waals surface area contributed by atoms with Crippen LogP contribution in [0.1, 0.15) is 26.2 Å². The van der Waals surface area contributed by atoms with Crippen LogP contribution in [0.25, 0.3) is 0 Å². The number of nitrogens with one attached hydrogen (secondary N) is 1. The molecule has 0 bridgehead atoms. The van der Waals surface area contributed by atoms with Crippen LogP contribution in [0, 0.1) is 5.92 Å². The Kier molecular flexibility index (Phi) is 4.11. The van der Waals surface area contributed by atoms with Gasteiger partial charge in [0.05, 0.1) is 0 Å². The minimum Gasteiger partial charge on any atom is -0.368 e. The van der Waals surface area contributed by atoms with Gasteiger partial charge in [0.1, 0.15) is 5.54 Å². The zero-order chi connectivity index (χ0) is 11.5. The lowest BCUT2D eigenvalue weighted by atomic mass is 9.85. The largest absolute Gasteiger partial charge is 0.368 e. The number of hydrogen-bond acceptors (Lipinski definition) is 3. The van der Waals surface area contributed by atoms with E-state index in [1.165, 1.54) is 19.3 Å². The summed E-state index contributed by atoms with van der Waals surface area (Å²) in [6, 6.07) is 0. The van der Waals surface area contributed by atoms with Gasteiger partial charge in [-0.3, -0.25) is 4.79 Å². The molecule has 0 heterocycles. The molecule has 1 fully saturated rings. The second-order valence-electron chi connectivity index (χ2n) is 4.94. The van der Waals surface area contributed by atoms with Crippen LogP contribution in [0.5, 0.6) is 0 Å². The Hall–Kier alpha value is -0.610. The van der Waals surface area contributed by atoms with Crippen molar-refractivity contribution in [1.82, 2.24) is 10.2 Å². The predicted octanol–water partition coefficient (Wildman–Crippen LogP) is 0.182. The van der Waals surface area contributed by atoms with Crippen molar-refractivity contribution in [2.45, 2.75) is 31.7 Å². The van der Waals surface area contributed by atoms with Crippen molar-refractivity contribution < 1.29 is 4.79 Å². The van der Waals surface area contributed by atoms with Gasteiger partial charge in [0, 0.05) is 13.1 Å². The number of hydrogen-bond donors (Lipinski definition) is 2. The first-order chi connectivity index (χ1) is 6.98. The normalized spacial score (nSPS) is 21.1. The first kappa shape index (κ1) is 12.5. The van der Waals surface area contributed by atoms with Gasteiger partial charge in [0.25, 0.3) is 0 Å². The zero-order valence-corrected chi connectivity index (χ0v) is 10.0. The first-order valence-corrected chi connectivity index (χ1v) is 5.65. The van der Waals surface area contributed by atoms with Crippen LogP contribution in [-0.2, 0) is 4.79 Å². The van der Waals surface area contributed by atoms with Crippen LogP contribution >= 0.6 is 0 Å². The fourth-order valence-corrected chi connectivity index (χ4v) is 2.00. The number of nitrogens with two attached hydrogens (primary N) is 1. The Labute approximate surface area is 92.2 Å². The van der Waals surface area contributed by atoms with E-state index in [1.54, 1.807) is 7.05 Å². The summed E-state index contributed by atoms with van der Waals surface area (Å²) in [5.41, 5.74) is 4.77. The number of likely N-dealkylation sites (N-methyl/N-ethyl adjacent to an activating group) is 2. The van der Waals surface area contributed by atoms with E-state index in [4.69, 9.17) is 5.73 Å². The maximum Gasteiger partial charge on any atom is 0.238 e. The van der Waals surface area contributed by atoms with Gasteiger partial charge in [0.2, 0.25) is 5.91 Å². The molecule has 4 nitrogen and oxygen atoms in total. The monoisotopic (exact) mass is 213 g/mol. The van der Waals surface area contributed by atoms with Gasteiger partial charge in [-0.15, -0.1) is 0 Å². The number of rotatable bonds is 6. The quantitative estimate of drug-likeness (QED) is 0.662. The summed E-state index contributed by atoms with van der Waals surface area (Å²) in [5.74, 6) is 0.537. The molecule has 0 saturated heterocycles. The summed E-state index contributed by atoms with van der Waals surface area (Å²) >= 11 is 0. The molecule has 3 N–H and O–H groups in total. The maximum atomic E-state index is 11.3. The molecule has 1 aliphatic carbocycles. The SMILES string of the molecule is CNC(C)(CN(C)CC1CCC1)C(N)=O. The number of primary amides is 1. The van der Waals surface area contributed by atoms with E-state index in [0.29, 0.717) is 6.54 Å². The third-order valence-electron chi connectivity index (χ3n) is 3.48. The minimum absolute atomic E-state index is 0.287. The molecule has 0 aromatic carbocycles. The molecular weight excluding hydrogens is 190 g/mol. The third kappa shape index (κ3) is 3.18. The van der Waals surface area contributed by atoms with Crippen LogP contribution < -0.4 is 11.1 Å². The smallest absolute Gasteiger partial charge is 0.238 e. The van der Waals surface area contributed by atoms with Crippen molar-refractivity contribution in [1.29, 1.82) is 0 Å². The third-order valence-corrected chi connectivity index (χ3v) is 3.48. The Morgan fingerprint density at radius 3 is 2.53 bits per heavy atom. The van der Waals surface area contributed by atoms with Crippen LogP contribution in [0.15, 0.2) is 0 Å². The van der Waals surface area contributed by atoms with Crippen LogP contribution in [0.3, 0.4) is 0 Å². The fourth-order valence-electron chi connectivity index (χ4n) is 2.00. The van der Waals surface area contributed by atoms with Crippen molar-refractivity contribution >= 4 is 5.91 Å². The molecule has 1 amide bonds. The van der Waals surface area contributed by atoms with Crippen molar-refractivity contribution in [3.8, 4) is 0 Å². The van der Waals surface area contributed by atoms with Crippen LogP contribution in [0.4, 0.5) is 0 Å². The highest BCUT2D eigenvalue weighted by Crippen LogP contribution is 2.26. The van der Waals surface area contributed by atoms with Crippen molar-refractivity contribution in [3.05, 3.63) is 0 Å². The number of amides is 1. The Morgan fingerprint density at radius 2 is 2.20 bits per heavy atom. The van der Waals surface area contributed by atoms with E-state index in [0.717, 1.165) is 12.5 Å². The Morgan fingerprint density at radius 1 is 1.60 bits per heavy atom. The fraction of sp³-hybridized carbons (Fsp3) is 0.909. The Bertz CT molecular complexity index is 228. The molecule has 1 aliphatic rings. The van der Waals surface area contributed by atoms with E-state index in [-0.39, 0.29) is 5.91 Å². The van der Waals surface area contributed by atoms with Crippen LogP contribution in [-0.4, -0.2) is 43.5 Å². The van der Waals surface area contributed by atoms with E-state index >= 15 is 0 Å². The lowest BCUT2D eigenvalue weighted by Gasteiger charge is -2.35. The average Bonchev–Trinajstić information content (AvgIpc) is 2.11. The lowest BCUT2D eigenvalue weighted by molar-refractivity contribution is -0.124. The topological polar surface area (TPSA) is 58.4 Å². The van der Waals surface area contributed by atoms with E-state index in [1.807, 2.05) is 6.92 Å². The zero-order valence-electron chi connectivity index (χ0n) is 10.0. The summed E-state index contributed by atoms with van der Waals surface area (Å²) in [5, 5.41) is 3.00. The lowest BCUT2D eigenvalue weighted by Crippen LogP contribution is -2.58. The molecule has 4 heteroatoms. The van der Waals surface area contributed by atoms with E-state index in [2.05, 4.69) is 17.3 Å². The summed E-state index contributed by atoms with van der Waals surface area (Å²) in [7, 11) is 3.83. The van der Waals surface area contributed by atoms with Gasteiger partial charge in [-0.1, -0.05) is 6.42 Å². The van der Waals surface area contributed by atoms with E-state index < -0.39 is 5.54 Å². The van der Waals surface area contributed by atoms with Gasteiger partial charge >= 0.3 is 0 Å². The molecule has 0 aliphatic heterocycles. The number of carbonyl (C=O) groups is 1. The van der Waals surface area contributed by atoms with Gasteiger partial charge < -0.3 is 16.0 Å². The highest BCUT2D eigenvalue weighted by atomic mass is 16.1. The minimum atomic E-state index is -0.613. The van der Waals surface area contributed by atoms with Gasteiger partial charge in [-0.25, -0.2) is 0 Å². The second-order valence-corrected chi connectivity index (χ2v) is 4.94. The van der Waals surface area contributed by atoms with E-state index in [9.17, 15) is 4.79 Å². The summed E-state index contributed by atoms with van der Waals surface area (Å²) in [6.45, 7) is 3.60. The van der Waals surface area contributed by atoms with Crippen molar-refractivity contribution in [2.24, 2.45) is 11.7 Å². The van der Waals surface area contributed by atoms with Gasteiger partial charge in [-0.2, -0.15) is 0 Å². The average molecular weight is 213 g/mol. The molecular formula is C11H23N3O. The summed E-state index contributed by atoms with van der Waals surface area (Å²) in [6.07, 6.45) is 4.02. The molecule has 0 aromatic rings. The Balaban J connectivity index is 2.39.